The van der Waals surface area contributed by atoms with E-state index in [-0.39, 0.29) is 17.4 Å². The van der Waals surface area contributed by atoms with Crippen molar-refractivity contribution in [1.29, 1.82) is 0 Å². The molecule has 2 fully saturated rings. The van der Waals surface area contributed by atoms with Crippen molar-refractivity contribution in [3.05, 3.63) is 54.5 Å². The van der Waals surface area contributed by atoms with Crippen molar-refractivity contribution in [3.8, 4) is 0 Å². The Bertz CT molecular complexity index is 1320. The summed E-state index contributed by atoms with van der Waals surface area (Å²) in [7, 11) is 0. The van der Waals surface area contributed by atoms with Gasteiger partial charge in [0.25, 0.3) is 0 Å². The Balaban J connectivity index is 1.27. The van der Waals surface area contributed by atoms with Crippen LogP contribution in [0, 0.1) is 11.3 Å². The molecule has 4 heterocycles. The molecule has 5 atom stereocenters. The van der Waals surface area contributed by atoms with Crippen molar-refractivity contribution in [1.82, 2.24) is 19.5 Å². The lowest BCUT2D eigenvalue weighted by molar-refractivity contribution is -0.0192. The fourth-order valence-electron chi connectivity index (χ4n) is 5.58. The van der Waals surface area contributed by atoms with Crippen LogP contribution in [0.25, 0.3) is 22.1 Å². The highest BCUT2D eigenvalue weighted by Crippen LogP contribution is 2.69. The number of anilines is 2. The first kappa shape index (κ1) is 18.5. The second kappa shape index (κ2) is 6.38. The minimum absolute atomic E-state index is 0.186. The van der Waals surface area contributed by atoms with E-state index in [0.29, 0.717) is 23.6 Å². The lowest BCUT2D eigenvalue weighted by Gasteiger charge is -2.24. The van der Waals surface area contributed by atoms with Gasteiger partial charge in [-0.15, -0.1) is 0 Å². The van der Waals surface area contributed by atoms with E-state index < -0.39 is 12.2 Å². The molecule has 0 spiro atoms. The summed E-state index contributed by atoms with van der Waals surface area (Å²) in [6.45, 7) is 0. The zero-order valence-electron chi connectivity index (χ0n) is 16.9. The van der Waals surface area contributed by atoms with Crippen molar-refractivity contribution >= 4 is 33.6 Å². The Morgan fingerprint density at radius 2 is 1.90 bits per heavy atom. The third kappa shape index (κ3) is 2.65. The highest BCUT2D eigenvalue weighted by atomic mass is 16.3. The number of nitrogens with two attached hydrogens (primary N) is 2. The topological polar surface area (TPSA) is 136 Å². The molecule has 8 nitrogen and oxygen atoms in total. The van der Waals surface area contributed by atoms with Crippen molar-refractivity contribution < 1.29 is 10.2 Å². The average Bonchev–Trinajstić information content (AvgIpc) is 3.25. The maximum Gasteiger partial charge on any atom is 0.161 e. The number of nitrogens with zero attached hydrogens (tertiary/aromatic N) is 4. The van der Waals surface area contributed by atoms with Crippen LogP contribution in [-0.4, -0.2) is 41.9 Å². The minimum atomic E-state index is -0.844. The fourth-order valence-corrected chi connectivity index (χ4v) is 5.58. The van der Waals surface area contributed by atoms with E-state index in [9.17, 15) is 10.2 Å². The van der Waals surface area contributed by atoms with Gasteiger partial charge < -0.3 is 26.2 Å². The summed E-state index contributed by atoms with van der Waals surface area (Å²) in [6, 6.07) is 11.2. The van der Waals surface area contributed by atoms with Gasteiger partial charge in [-0.1, -0.05) is 0 Å². The molecule has 0 amide bonds. The Labute approximate surface area is 178 Å². The molecule has 1 unspecified atom stereocenters. The second-order valence-electron chi connectivity index (χ2n) is 8.92. The molecule has 158 valence electrons. The summed E-state index contributed by atoms with van der Waals surface area (Å²) in [5, 5.41) is 23.7. The SMILES string of the molecule is Nc1ccc2ccc(CC[C@@]34CC3[C@@H](n3ccc5c(N)ccnc53)[C@H](O)[C@@H]4O)nc2n1. The van der Waals surface area contributed by atoms with Gasteiger partial charge in [-0.3, -0.25) is 0 Å². The van der Waals surface area contributed by atoms with E-state index in [0.717, 1.165) is 35.0 Å². The number of hydrogen-bond acceptors (Lipinski definition) is 7. The molecule has 2 aliphatic carbocycles. The zero-order valence-corrected chi connectivity index (χ0v) is 16.9. The maximum atomic E-state index is 11.0. The molecule has 8 heteroatoms. The summed E-state index contributed by atoms with van der Waals surface area (Å²) in [4.78, 5) is 13.4. The van der Waals surface area contributed by atoms with Gasteiger partial charge in [0.1, 0.15) is 17.6 Å². The molecular formula is C23H24N6O2. The molecular weight excluding hydrogens is 392 g/mol. The molecule has 0 radical (unpaired) electrons. The van der Waals surface area contributed by atoms with Crippen molar-refractivity contribution in [2.75, 3.05) is 11.5 Å². The first-order chi connectivity index (χ1) is 15.0. The van der Waals surface area contributed by atoms with Crippen molar-refractivity contribution in [2.24, 2.45) is 11.3 Å². The smallest absolute Gasteiger partial charge is 0.161 e. The van der Waals surface area contributed by atoms with E-state index in [4.69, 9.17) is 11.5 Å². The molecule has 4 aromatic heterocycles. The number of nitrogen functional groups attached to an aromatic ring is 2. The third-order valence-corrected chi connectivity index (χ3v) is 7.30. The normalized spacial score (nSPS) is 29.5. The first-order valence-electron chi connectivity index (χ1n) is 10.6. The Morgan fingerprint density at radius 3 is 2.77 bits per heavy atom. The largest absolute Gasteiger partial charge is 0.398 e. The van der Waals surface area contributed by atoms with Gasteiger partial charge in [-0.25, -0.2) is 15.0 Å². The van der Waals surface area contributed by atoms with Crippen LogP contribution >= 0.6 is 0 Å². The lowest BCUT2D eigenvalue weighted by atomic mass is 9.92. The minimum Gasteiger partial charge on any atom is -0.398 e. The Kier molecular flexibility index (Phi) is 3.82. The summed E-state index contributed by atoms with van der Waals surface area (Å²) >= 11 is 0. The van der Waals surface area contributed by atoms with Crippen LogP contribution in [0.1, 0.15) is 24.6 Å². The number of rotatable bonds is 4. The predicted molar refractivity (Wildman–Crippen MR) is 118 cm³/mol. The molecule has 0 aliphatic heterocycles. The second-order valence-corrected chi connectivity index (χ2v) is 8.92. The van der Waals surface area contributed by atoms with Gasteiger partial charge in [-0.05, 0) is 61.6 Å². The van der Waals surface area contributed by atoms with Crippen molar-refractivity contribution in [2.45, 2.75) is 37.5 Å². The van der Waals surface area contributed by atoms with E-state index >= 15 is 0 Å². The van der Waals surface area contributed by atoms with Crippen LogP contribution in [0.2, 0.25) is 0 Å². The van der Waals surface area contributed by atoms with Crippen LogP contribution in [-0.2, 0) is 6.42 Å². The lowest BCUT2D eigenvalue weighted by Crippen LogP contribution is -2.34. The number of hydrogen-bond donors (Lipinski definition) is 4. The van der Waals surface area contributed by atoms with Gasteiger partial charge >= 0.3 is 0 Å². The van der Waals surface area contributed by atoms with Gasteiger partial charge in [0.15, 0.2) is 5.65 Å². The highest BCUT2D eigenvalue weighted by molar-refractivity contribution is 5.88. The Hall–Kier alpha value is -3.23. The fraction of sp³-hybridized carbons (Fsp3) is 0.348. The average molecular weight is 416 g/mol. The molecule has 2 saturated carbocycles. The van der Waals surface area contributed by atoms with Crippen LogP contribution in [0.3, 0.4) is 0 Å². The van der Waals surface area contributed by atoms with E-state index in [1.165, 1.54) is 0 Å². The van der Waals surface area contributed by atoms with Gasteiger partial charge in [0.05, 0.1) is 12.1 Å². The number of aliphatic hydroxyl groups excluding tert-OH is 2. The summed E-state index contributed by atoms with van der Waals surface area (Å²) in [6.07, 6.45) is 4.30. The number of fused-ring (bicyclic) bond motifs is 3. The van der Waals surface area contributed by atoms with E-state index in [1.54, 1.807) is 18.3 Å². The van der Waals surface area contributed by atoms with Crippen molar-refractivity contribution in [3.63, 3.8) is 0 Å². The predicted octanol–water partition coefficient (Wildman–Crippen LogP) is 2.06. The van der Waals surface area contributed by atoms with Crippen LogP contribution in [0.15, 0.2) is 48.8 Å². The molecule has 0 aromatic carbocycles. The molecule has 4 aromatic rings. The standard InChI is InChI=1S/C23H24N6O2/c24-16-6-9-26-22-14(16)7-10-29(22)18-15-11-23(15,20(31)19(18)30)8-5-13-3-1-12-2-4-17(25)28-21(12)27-13/h1-4,6-7,9-10,15,18-20,30-31H,5,8,11H2,(H2,24,26)(H2,25,27,28)/t15?,18-,19+,20+,23-/m1/s1. The zero-order chi connectivity index (χ0) is 21.3. The molecule has 0 bridgehead atoms. The summed E-state index contributed by atoms with van der Waals surface area (Å²) in [5.74, 6) is 0.633. The van der Waals surface area contributed by atoms with Crippen LogP contribution < -0.4 is 11.5 Å². The van der Waals surface area contributed by atoms with Gasteiger partial charge in [-0.2, -0.15) is 0 Å². The molecule has 6 rings (SSSR count). The highest BCUT2D eigenvalue weighted by Gasteiger charge is 2.70. The molecule has 6 N–H and O–H groups in total. The Morgan fingerprint density at radius 1 is 1.06 bits per heavy atom. The number of aryl methyl sites for hydroxylation is 1. The summed E-state index contributed by atoms with van der Waals surface area (Å²) < 4.78 is 1.99. The quantitative estimate of drug-likeness (QED) is 0.400. The maximum absolute atomic E-state index is 11.0. The van der Waals surface area contributed by atoms with Crippen LogP contribution in [0.5, 0.6) is 0 Å². The molecule has 31 heavy (non-hydrogen) atoms. The van der Waals surface area contributed by atoms with E-state index in [1.807, 2.05) is 35.0 Å². The molecule has 0 saturated heterocycles. The van der Waals surface area contributed by atoms with Gasteiger partial charge in [0.2, 0.25) is 0 Å². The van der Waals surface area contributed by atoms with Crippen LogP contribution in [0.4, 0.5) is 11.5 Å². The number of pyridine rings is 3. The van der Waals surface area contributed by atoms with E-state index in [2.05, 4.69) is 15.0 Å². The first-order valence-corrected chi connectivity index (χ1v) is 10.6. The summed E-state index contributed by atoms with van der Waals surface area (Å²) in [5.41, 5.74) is 14.5. The number of aliphatic hydroxyl groups is 2. The monoisotopic (exact) mass is 416 g/mol. The number of aromatic nitrogens is 4. The molecule has 2 aliphatic rings. The third-order valence-electron chi connectivity index (χ3n) is 7.30. The van der Waals surface area contributed by atoms with Gasteiger partial charge in [0, 0.05) is 40.0 Å².